The van der Waals surface area contributed by atoms with E-state index in [0.29, 0.717) is 34.4 Å². The number of rotatable bonds is 13. The summed E-state index contributed by atoms with van der Waals surface area (Å²) in [5.41, 5.74) is 0.877. The fourth-order valence-electron chi connectivity index (χ4n) is 5.42. The second-order valence-corrected chi connectivity index (χ2v) is 13.5. The Hall–Kier alpha value is -3.27. The van der Waals surface area contributed by atoms with Crippen LogP contribution in [0.5, 0.6) is 5.75 Å². The molecule has 4 rings (SSSR count). The van der Waals surface area contributed by atoms with Gasteiger partial charge in [0.2, 0.25) is 11.8 Å². The van der Waals surface area contributed by atoms with Crippen LogP contribution in [0.4, 0.5) is 5.69 Å². The molecular formula is C33H39Cl2N3O5S. The molecular weight excluding hydrogens is 621 g/mol. The lowest BCUT2D eigenvalue weighted by Crippen LogP contribution is -2.54. The number of hydrogen-bond donors (Lipinski definition) is 1. The predicted octanol–water partition coefficient (Wildman–Crippen LogP) is 6.84. The third-order valence-corrected chi connectivity index (χ3v) is 10.1. The van der Waals surface area contributed by atoms with Crippen LogP contribution >= 0.6 is 23.2 Å². The minimum Gasteiger partial charge on any atom is -0.494 e. The van der Waals surface area contributed by atoms with E-state index in [1.165, 1.54) is 17.0 Å². The second-order valence-electron chi connectivity index (χ2n) is 10.8. The SMILES string of the molecule is CCOc1ccc(N(CC(=O)N(Cc2ccc(Cl)cc2Cl)[C@H](CC)C(=O)NC2CCCCC2)S(=O)(=O)c2ccccc2)cc1. The monoisotopic (exact) mass is 659 g/mol. The molecule has 2 amide bonds. The molecule has 8 nitrogen and oxygen atoms in total. The first kappa shape index (κ1) is 33.6. The van der Waals surface area contributed by atoms with Gasteiger partial charge >= 0.3 is 0 Å². The minimum atomic E-state index is -4.17. The van der Waals surface area contributed by atoms with Gasteiger partial charge in [-0.05, 0) is 80.3 Å². The summed E-state index contributed by atoms with van der Waals surface area (Å²) in [6, 6.07) is 18.6. The summed E-state index contributed by atoms with van der Waals surface area (Å²) in [6.45, 7) is 3.60. The molecule has 236 valence electrons. The van der Waals surface area contributed by atoms with Crippen molar-refractivity contribution in [2.24, 2.45) is 0 Å². The van der Waals surface area contributed by atoms with Gasteiger partial charge < -0.3 is 15.0 Å². The van der Waals surface area contributed by atoms with E-state index in [9.17, 15) is 18.0 Å². The maximum Gasteiger partial charge on any atom is 0.264 e. The first-order valence-electron chi connectivity index (χ1n) is 15.0. The van der Waals surface area contributed by atoms with E-state index in [4.69, 9.17) is 27.9 Å². The van der Waals surface area contributed by atoms with E-state index in [1.54, 1.807) is 60.7 Å². The molecule has 0 aliphatic heterocycles. The zero-order valence-corrected chi connectivity index (χ0v) is 27.4. The van der Waals surface area contributed by atoms with Crippen molar-refractivity contribution in [2.45, 2.75) is 75.9 Å². The molecule has 1 aliphatic rings. The van der Waals surface area contributed by atoms with Crippen LogP contribution in [0, 0.1) is 0 Å². The maximum atomic E-state index is 14.3. The number of nitrogens with one attached hydrogen (secondary N) is 1. The number of hydrogen-bond acceptors (Lipinski definition) is 5. The predicted molar refractivity (Wildman–Crippen MR) is 175 cm³/mol. The number of halogens is 2. The normalized spacial score (nSPS) is 14.5. The number of anilines is 1. The quantitative estimate of drug-likeness (QED) is 0.217. The lowest BCUT2D eigenvalue weighted by Gasteiger charge is -2.34. The van der Waals surface area contributed by atoms with Crippen LogP contribution < -0.4 is 14.4 Å². The van der Waals surface area contributed by atoms with Gasteiger partial charge in [0, 0.05) is 22.6 Å². The molecule has 1 saturated carbocycles. The van der Waals surface area contributed by atoms with Crippen molar-refractivity contribution in [3.8, 4) is 5.75 Å². The Kier molecular flexibility index (Phi) is 11.9. The summed E-state index contributed by atoms with van der Waals surface area (Å²) in [5, 5.41) is 3.93. The Labute approximate surface area is 270 Å². The zero-order chi connectivity index (χ0) is 31.7. The Balaban J connectivity index is 1.72. The van der Waals surface area contributed by atoms with E-state index in [0.717, 1.165) is 36.4 Å². The molecule has 0 aromatic heterocycles. The van der Waals surface area contributed by atoms with Crippen molar-refractivity contribution in [2.75, 3.05) is 17.5 Å². The third-order valence-electron chi connectivity index (χ3n) is 7.74. The van der Waals surface area contributed by atoms with E-state index in [1.807, 2.05) is 13.8 Å². The Morgan fingerprint density at radius 2 is 1.64 bits per heavy atom. The highest BCUT2D eigenvalue weighted by atomic mass is 35.5. The number of ether oxygens (including phenoxy) is 1. The van der Waals surface area contributed by atoms with E-state index < -0.39 is 28.5 Å². The molecule has 0 unspecified atom stereocenters. The molecule has 0 heterocycles. The van der Waals surface area contributed by atoms with Gasteiger partial charge in [0.15, 0.2) is 0 Å². The second kappa shape index (κ2) is 15.6. The van der Waals surface area contributed by atoms with Crippen LogP contribution in [0.15, 0.2) is 77.7 Å². The summed E-state index contributed by atoms with van der Waals surface area (Å²) < 4.78 is 34.6. The van der Waals surface area contributed by atoms with Crippen molar-refractivity contribution in [1.29, 1.82) is 0 Å². The lowest BCUT2D eigenvalue weighted by atomic mass is 9.95. The topological polar surface area (TPSA) is 96.0 Å². The zero-order valence-electron chi connectivity index (χ0n) is 25.0. The number of nitrogens with zero attached hydrogens (tertiary/aromatic N) is 2. The van der Waals surface area contributed by atoms with Crippen molar-refractivity contribution in [1.82, 2.24) is 10.2 Å². The van der Waals surface area contributed by atoms with Crippen molar-refractivity contribution >= 4 is 50.7 Å². The molecule has 3 aromatic carbocycles. The maximum absolute atomic E-state index is 14.3. The average Bonchev–Trinajstić information content (AvgIpc) is 3.02. The van der Waals surface area contributed by atoms with E-state index in [-0.39, 0.29) is 29.1 Å². The Morgan fingerprint density at radius 1 is 0.955 bits per heavy atom. The van der Waals surface area contributed by atoms with Crippen LogP contribution in [-0.2, 0) is 26.2 Å². The van der Waals surface area contributed by atoms with Crippen molar-refractivity contribution in [3.05, 3.63) is 88.4 Å². The largest absolute Gasteiger partial charge is 0.494 e. The fourth-order valence-corrected chi connectivity index (χ4v) is 7.32. The first-order valence-corrected chi connectivity index (χ1v) is 17.2. The van der Waals surface area contributed by atoms with E-state index >= 15 is 0 Å². The highest BCUT2D eigenvalue weighted by Crippen LogP contribution is 2.28. The van der Waals surface area contributed by atoms with Crippen molar-refractivity contribution in [3.63, 3.8) is 0 Å². The standard InChI is InChI=1S/C33H39Cl2N3O5S/c1-3-31(33(40)36-26-11-7-5-8-12-26)37(22-24-15-16-25(34)21-30(24)35)32(39)23-38(27-17-19-28(20-18-27)43-4-2)44(41,42)29-13-9-6-10-14-29/h6,9-10,13-21,26,31H,3-5,7-8,11-12,22-23H2,1-2H3,(H,36,40)/t31-/m1/s1. The molecule has 1 fully saturated rings. The number of carbonyl (C=O) groups is 2. The number of sulfonamides is 1. The number of benzene rings is 3. The highest BCUT2D eigenvalue weighted by molar-refractivity contribution is 7.92. The van der Waals surface area contributed by atoms with E-state index in [2.05, 4.69) is 5.32 Å². The molecule has 1 N–H and O–H groups in total. The molecule has 0 saturated heterocycles. The summed E-state index contributed by atoms with van der Waals surface area (Å²) in [7, 11) is -4.17. The van der Waals surface area contributed by atoms with Gasteiger partial charge in [0.05, 0.1) is 17.2 Å². The molecule has 11 heteroatoms. The van der Waals surface area contributed by atoms with Crippen LogP contribution in [0.25, 0.3) is 0 Å². The van der Waals surface area contributed by atoms with Gasteiger partial charge in [-0.25, -0.2) is 8.42 Å². The summed E-state index contributed by atoms with van der Waals surface area (Å²) in [6.07, 6.45) is 5.32. The van der Waals surface area contributed by atoms with Crippen LogP contribution in [0.3, 0.4) is 0 Å². The molecule has 44 heavy (non-hydrogen) atoms. The van der Waals surface area contributed by atoms with Crippen molar-refractivity contribution < 1.29 is 22.7 Å². The lowest BCUT2D eigenvalue weighted by molar-refractivity contribution is -0.140. The van der Waals surface area contributed by atoms with Gasteiger partial charge in [-0.15, -0.1) is 0 Å². The molecule has 3 aromatic rings. The average molecular weight is 661 g/mol. The van der Waals surface area contributed by atoms with Gasteiger partial charge in [-0.2, -0.15) is 0 Å². The number of amides is 2. The fraction of sp³-hybridized carbons (Fsp3) is 0.394. The van der Waals surface area contributed by atoms with Crippen LogP contribution in [0.2, 0.25) is 10.0 Å². The van der Waals surface area contributed by atoms with Gasteiger partial charge in [0.25, 0.3) is 10.0 Å². The summed E-state index contributed by atoms with van der Waals surface area (Å²) in [5.74, 6) is -0.240. The van der Waals surface area contributed by atoms with Gasteiger partial charge in [0.1, 0.15) is 18.3 Å². The van der Waals surface area contributed by atoms with Gasteiger partial charge in [-0.1, -0.05) is 73.7 Å². The smallest absolute Gasteiger partial charge is 0.264 e. The number of carbonyl (C=O) groups excluding carboxylic acids is 2. The molecule has 0 bridgehead atoms. The molecule has 0 radical (unpaired) electrons. The van der Waals surface area contributed by atoms with Gasteiger partial charge in [-0.3, -0.25) is 13.9 Å². The third kappa shape index (κ3) is 8.46. The molecule has 1 aliphatic carbocycles. The first-order chi connectivity index (χ1) is 21.1. The highest BCUT2D eigenvalue weighted by Gasteiger charge is 2.34. The Bertz CT molecular complexity index is 1510. The minimum absolute atomic E-state index is 0.00602. The summed E-state index contributed by atoms with van der Waals surface area (Å²) in [4.78, 5) is 29.4. The Morgan fingerprint density at radius 3 is 2.25 bits per heavy atom. The van der Waals surface area contributed by atoms with Crippen LogP contribution in [-0.4, -0.2) is 50.4 Å². The molecule has 0 spiro atoms. The summed E-state index contributed by atoms with van der Waals surface area (Å²) >= 11 is 12.6. The molecule has 1 atom stereocenters. The van der Waals surface area contributed by atoms with Crippen LogP contribution in [0.1, 0.15) is 57.9 Å².